The minimum absolute atomic E-state index is 0.439. The molecule has 0 saturated heterocycles. The van der Waals surface area contributed by atoms with Gasteiger partial charge in [-0.2, -0.15) is 5.10 Å². The van der Waals surface area contributed by atoms with Gasteiger partial charge in [0.15, 0.2) is 0 Å². The van der Waals surface area contributed by atoms with E-state index in [0.717, 1.165) is 22.3 Å². The molecule has 3 aromatic carbocycles. The number of imidazole rings is 1. The Kier molecular flexibility index (Phi) is 4.47. The third-order valence-corrected chi connectivity index (χ3v) is 3.71. The van der Waals surface area contributed by atoms with E-state index in [0.29, 0.717) is 11.8 Å². The van der Waals surface area contributed by atoms with Gasteiger partial charge in [0.05, 0.1) is 16.7 Å². The van der Waals surface area contributed by atoms with Gasteiger partial charge in [-0.1, -0.05) is 60.7 Å². The van der Waals surface area contributed by atoms with Gasteiger partial charge in [0.2, 0.25) is 11.8 Å². The molecule has 0 saturated carbocycles. The first-order valence-corrected chi connectivity index (χ1v) is 8.19. The van der Waals surface area contributed by atoms with E-state index in [1.54, 1.807) is 0 Å². The molecule has 0 aliphatic rings. The van der Waals surface area contributed by atoms with Crippen LogP contribution < -0.4 is 5.43 Å². The molecule has 26 heavy (non-hydrogen) atoms. The van der Waals surface area contributed by atoms with Crippen molar-refractivity contribution in [3.05, 3.63) is 90.5 Å². The fourth-order valence-electron chi connectivity index (χ4n) is 2.44. The second-order valence-electron chi connectivity index (χ2n) is 5.56. The Morgan fingerprint density at radius 3 is 2.27 bits per heavy atom. The SMILES string of the molecule is c1ccc(NN=C(N=Nc2nc3ccccc3[nH]2)c2ccccc2)cc1. The number of rotatable bonds is 4. The highest BCUT2D eigenvalue weighted by Crippen LogP contribution is 2.16. The minimum atomic E-state index is 0.439. The van der Waals surface area contributed by atoms with Gasteiger partial charge in [-0.3, -0.25) is 5.43 Å². The normalized spacial score (nSPS) is 11.9. The van der Waals surface area contributed by atoms with Crippen LogP contribution in [0.25, 0.3) is 11.0 Å². The Hall–Kier alpha value is -3.80. The summed E-state index contributed by atoms with van der Waals surface area (Å²) in [6, 6.07) is 27.1. The summed E-state index contributed by atoms with van der Waals surface area (Å²) in [5, 5.41) is 12.9. The van der Waals surface area contributed by atoms with E-state index in [9.17, 15) is 0 Å². The van der Waals surface area contributed by atoms with Crippen molar-refractivity contribution in [2.75, 3.05) is 5.43 Å². The highest BCUT2D eigenvalue weighted by atomic mass is 15.3. The van der Waals surface area contributed by atoms with Crippen LogP contribution in [0.1, 0.15) is 5.56 Å². The first kappa shape index (κ1) is 15.7. The smallest absolute Gasteiger partial charge is 0.247 e. The van der Waals surface area contributed by atoms with E-state index >= 15 is 0 Å². The second-order valence-corrected chi connectivity index (χ2v) is 5.56. The molecular weight excluding hydrogens is 324 g/mol. The Bertz CT molecular complexity index is 1020. The van der Waals surface area contributed by atoms with Crippen LogP contribution in [0.3, 0.4) is 0 Å². The van der Waals surface area contributed by atoms with Gasteiger partial charge in [0.1, 0.15) is 0 Å². The van der Waals surface area contributed by atoms with Gasteiger partial charge in [-0.05, 0) is 24.3 Å². The van der Waals surface area contributed by atoms with Crippen molar-refractivity contribution in [1.82, 2.24) is 9.97 Å². The molecule has 126 valence electrons. The number of azo groups is 1. The van der Waals surface area contributed by atoms with E-state index < -0.39 is 0 Å². The lowest BCUT2D eigenvalue weighted by Gasteiger charge is -2.02. The summed E-state index contributed by atoms with van der Waals surface area (Å²) >= 11 is 0. The summed E-state index contributed by atoms with van der Waals surface area (Å²) in [7, 11) is 0. The molecule has 0 aliphatic heterocycles. The Labute approximate surface area is 150 Å². The quantitative estimate of drug-likeness (QED) is 0.234. The van der Waals surface area contributed by atoms with Crippen molar-refractivity contribution in [2.24, 2.45) is 15.3 Å². The van der Waals surface area contributed by atoms with Gasteiger partial charge in [0, 0.05) is 5.56 Å². The van der Waals surface area contributed by atoms with Crippen LogP contribution in [0.5, 0.6) is 0 Å². The van der Waals surface area contributed by atoms with Gasteiger partial charge in [-0.15, -0.1) is 10.2 Å². The maximum atomic E-state index is 4.41. The predicted molar refractivity (Wildman–Crippen MR) is 104 cm³/mol. The molecular formula is C20H16N6. The van der Waals surface area contributed by atoms with E-state index in [-0.39, 0.29) is 0 Å². The predicted octanol–water partition coefficient (Wildman–Crippen LogP) is 5.12. The van der Waals surface area contributed by atoms with Gasteiger partial charge < -0.3 is 4.98 Å². The summed E-state index contributed by atoms with van der Waals surface area (Å²) in [5.74, 6) is 0.907. The molecule has 4 rings (SSSR count). The monoisotopic (exact) mass is 340 g/mol. The zero-order valence-corrected chi connectivity index (χ0v) is 13.9. The van der Waals surface area contributed by atoms with Crippen molar-refractivity contribution < 1.29 is 0 Å². The molecule has 0 radical (unpaired) electrons. The maximum Gasteiger partial charge on any atom is 0.247 e. The molecule has 4 aromatic rings. The number of nitrogens with one attached hydrogen (secondary N) is 2. The minimum Gasteiger partial charge on any atom is -0.321 e. The van der Waals surface area contributed by atoms with Crippen molar-refractivity contribution in [3.8, 4) is 0 Å². The molecule has 0 fully saturated rings. The van der Waals surface area contributed by atoms with Crippen molar-refractivity contribution in [1.29, 1.82) is 0 Å². The van der Waals surface area contributed by atoms with Crippen molar-refractivity contribution in [2.45, 2.75) is 0 Å². The number of hydrazone groups is 1. The summed E-state index contributed by atoms with van der Waals surface area (Å²) in [4.78, 5) is 7.53. The number of fused-ring (bicyclic) bond motifs is 1. The first-order chi connectivity index (χ1) is 12.9. The molecule has 6 nitrogen and oxygen atoms in total. The molecule has 1 heterocycles. The number of hydrogen-bond donors (Lipinski definition) is 2. The average Bonchev–Trinajstić information content (AvgIpc) is 3.12. The molecule has 2 N–H and O–H groups in total. The lowest BCUT2D eigenvalue weighted by Crippen LogP contribution is -2.01. The number of aromatic nitrogens is 2. The molecule has 0 atom stereocenters. The van der Waals surface area contributed by atoms with E-state index in [4.69, 9.17) is 0 Å². The number of anilines is 1. The van der Waals surface area contributed by atoms with Gasteiger partial charge in [0.25, 0.3) is 0 Å². The van der Waals surface area contributed by atoms with Crippen LogP contribution in [0.2, 0.25) is 0 Å². The largest absolute Gasteiger partial charge is 0.321 e. The summed E-state index contributed by atoms with van der Waals surface area (Å²) in [6.07, 6.45) is 0. The average molecular weight is 340 g/mol. The number of benzene rings is 3. The molecule has 0 spiro atoms. The molecule has 0 bridgehead atoms. The number of amidine groups is 1. The van der Waals surface area contributed by atoms with Gasteiger partial charge in [-0.25, -0.2) is 4.98 Å². The number of nitrogens with zero attached hydrogens (tertiary/aromatic N) is 4. The summed E-state index contributed by atoms with van der Waals surface area (Å²) in [6.45, 7) is 0. The van der Waals surface area contributed by atoms with Crippen molar-refractivity contribution >= 4 is 28.5 Å². The van der Waals surface area contributed by atoms with E-state index in [2.05, 4.69) is 30.7 Å². The number of H-pyrrole nitrogens is 1. The number of aromatic amines is 1. The maximum absolute atomic E-state index is 4.41. The fraction of sp³-hybridized carbons (Fsp3) is 0. The highest BCUT2D eigenvalue weighted by molar-refractivity contribution is 5.99. The first-order valence-electron chi connectivity index (χ1n) is 8.19. The Morgan fingerprint density at radius 1 is 0.808 bits per heavy atom. The molecule has 0 unspecified atom stereocenters. The summed E-state index contributed by atoms with van der Waals surface area (Å²) in [5.41, 5.74) is 6.51. The standard InChI is InChI=1S/C20H16N6/c1-3-9-15(10-4-1)19(24-23-16-11-5-2-6-12-16)25-26-20-21-17-13-7-8-14-18(17)22-20/h1-14,23H,(H,21,22). The van der Waals surface area contributed by atoms with Crippen LogP contribution in [-0.2, 0) is 0 Å². The number of para-hydroxylation sites is 3. The zero-order valence-electron chi connectivity index (χ0n) is 13.9. The zero-order chi connectivity index (χ0) is 17.6. The molecule has 6 heteroatoms. The Balaban J connectivity index is 1.64. The van der Waals surface area contributed by atoms with E-state index in [1.165, 1.54) is 0 Å². The third kappa shape index (κ3) is 3.64. The topological polar surface area (TPSA) is 77.8 Å². The van der Waals surface area contributed by atoms with Crippen LogP contribution in [0, 0.1) is 0 Å². The highest BCUT2D eigenvalue weighted by Gasteiger charge is 2.04. The summed E-state index contributed by atoms with van der Waals surface area (Å²) < 4.78 is 0. The Morgan fingerprint density at radius 2 is 1.50 bits per heavy atom. The molecule has 1 aromatic heterocycles. The number of hydrogen-bond acceptors (Lipinski definition) is 4. The molecule has 0 aliphatic carbocycles. The van der Waals surface area contributed by atoms with Crippen molar-refractivity contribution in [3.63, 3.8) is 0 Å². The lowest BCUT2D eigenvalue weighted by molar-refractivity contribution is 1.14. The van der Waals surface area contributed by atoms with Crippen LogP contribution in [0.4, 0.5) is 11.6 Å². The second kappa shape index (κ2) is 7.40. The van der Waals surface area contributed by atoms with Crippen LogP contribution in [0.15, 0.2) is 100 Å². The molecule has 0 amide bonds. The van der Waals surface area contributed by atoms with Crippen LogP contribution >= 0.6 is 0 Å². The van der Waals surface area contributed by atoms with E-state index in [1.807, 2.05) is 84.9 Å². The fourth-order valence-corrected chi connectivity index (χ4v) is 2.44. The van der Waals surface area contributed by atoms with Gasteiger partial charge >= 0.3 is 0 Å². The third-order valence-electron chi connectivity index (χ3n) is 3.71. The lowest BCUT2D eigenvalue weighted by atomic mass is 10.2. The van der Waals surface area contributed by atoms with Crippen LogP contribution in [-0.4, -0.2) is 15.8 Å².